The Bertz CT molecular complexity index is 585. The molecule has 1 N–H and O–H groups in total. The van der Waals surface area contributed by atoms with Gasteiger partial charge in [0, 0.05) is 18.3 Å². The Hall–Kier alpha value is -1.90. The highest BCUT2D eigenvalue weighted by molar-refractivity contribution is 5.78. The van der Waals surface area contributed by atoms with Gasteiger partial charge in [-0.05, 0) is 6.92 Å². The van der Waals surface area contributed by atoms with Crippen LogP contribution in [0.1, 0.15) is 11.4 Å². The van der Waals surface area contributed by atoms with Gasteiger partial charge in [0.25, 0.3) is 5.56 Å². The van der Waals surface area contributed by atoms with Gasteiger partial charge < -0.3 is 14.6 Å². The summed E-state index contributed by atoms with van der Waals surface area (Å²) in [6, 6.07) is 0. The Morgan fingerprint density at radius 2 is 2.29 bits per heavy atom. The second kappa shape index (κ2) is 5.84. The first-order chi connectivity index (χ1) is 9.77. The number of hydrogen-bond donors (Lipinski definition) is 1. The van der Waals surface area contributed by atoms with Gasteiger partial charge >= 0.3 is 6.18 Å². The highest BCUT2D eigenvalue weighted by Crippen LogP contribution is 2.25. The van der Waals surface area contributed by atoms with E-state index in [2.05, 4.69) is 14.7 Å². The first kappa shape index (κ1) is 15.5. The van der Waals surface area contributed by atoms with Crippen molar-refractivity contribution in [2.75, 3.05) is 19.7 Å². The van der Waals surface area contributed by atoms with Gasteiger partial charge in [0.2, 0.25) is 5.91 Å². The second-order valence-electron chi connectivity index (χ2n) is 4.74. The van der Waals surface area contributed by atoms with E-state index in [1.165, 1.54) is 6.20 Å². The molecule has 0 bridgehead atoms. The Morgan fingerprint density at radius 1 is 1.57 bits per heavy atom. The van der Waals surface area contributed by atoms with Gasteiger partial charge in [0.1, 0.15) is 5.82 Å². The first-order valence-electron chi connectivity index (χ1n) is 6.28. The molecular formula is C12H14F3N3O3. The Kier molecular flexibility index (Phi) is 4.31. The van der Waals surface area contributed by atoms with Crippen LogP contribution >= 0.6 is 0 Å². The lowest BCUT2D eigenvalue weighted by molar-refractivity contribution is -0.236. The van der Waals surface area contributed by atoms with Gasteiger partial charge in [-0.2, -0.15) is 13.2 Å². The number of hydrogen-bond acceptors (Lipinski definition) is 4. The maximum Gasteiger partial charge on any atom is 0.416 e. The first-order valence-corrected chi connectivity index (χ1v) is 6.28. The number of ether oxygens (including phenoxy) is 1. The lowest BCUT2D eigenvalue weighted by atomic mass is 10.2. The maximum absolute atomic E-state index is 12.6. The van der Waals surface area contributed by atoms with Gasteiger partial charge in [-0.1, -0.05) is 0 Å². The number of aryl methyl sites for hydroxylation is 1. The van der Waals surface area contributed by atoms with Crippen LogP contribution in [0.3, 0.4) is 0 Å². The topological polar surface area (TPSA) is 75.3 Å². The van der Waals surface area contributed by atoms with Crippen LogP contribution in [0.4, 0.5) is 13.2 Å². The van der Waals surface area contributed by atoms with E-state index in [1.807, 2.05) is 0 Å². The fourth-order valence-electron chi connectivity index (χ4n) is 1.98. The summed E-state index contributed by atoms with van der Waals surface area (Å²) in [4.78, 5) is 31.0. The van der Waals surface area contributed by atoms with Crippen LogP contribution in [0.2, 0.25) is 0 Å². The summed E-state index contributed by atoms with van der Waals surface area (Å²) in [6.07, 6.45) is -5.52. The minimum Gasteiger partial charge on any atom is -0.365 e. The van der Waals surface area contributed by atoms with Crippen LogP contribution in [0.5, 0.6) is 0 Å². The summed E-state index contributed by atoms with van der Waals surface area (Å²) < 4.78 is 42.4. The molecule has 6 nitrogen and oxygen atoms in total. The molecule has 1 fully saturated rings. The normalized spacial score (nSPS) is 19.6. The van der Waals surface area contributed by atoms with Crippen LogP contribution in [0, 0.1) is 6.92 Å². The zero-order chi connectivity index (χ0) is 15.6. The summed E-state index contributed by atoms with van der Waals surface area (Å²) >= 11 is 0. The minimum atomic E-state index is -4.51. The highest BCUT2D eigenvalue weighted by Gasteiger charge is 2.44. The van der Waals surface area contributed by atoms with Gasteiger partial charge in [-0.15, -0.1) is 0 Å². The van der Waals surface area contributed by atoms with Crippen molar-refractivity contribution >= 4 is 5.91 Å². The van der Waals surface area contributed by atoms with E-state index in [-0.39, 0.29) is 25.1 Å². The third-order valence-electron chi connectivity index (χ3n) is 3.13. The van der Waals surface area contributed by atoms with E-state index in [1.54, 1.807) is 6.92 Å². The molecule has 21 heavy (non-hydrogen) atoms. The zero-order valence-corrected chi connectivity index (χ0v) is 11.2. The summed E-state index contributed by atoms with van der Waals surface area (Å²) in [5, 5.41) is 0. The standard InChI is InChI=1S/C12H14F3N3O3/c1-7-16-5-8(11(20)17-7)4-10(19)18-2-3-21-9(6-18)12(13,14)15/h5,9H,2-4,6H2,1H3,(H,16,17,20)/t9-/m1/s1. The Morgan fingerprint density at radius 3 is 2.90 bits per heavy atom. The van der Waals surface area contributed by atoms with Crippen LogP contribution in [0.25, 0.3) is 0 Å². The second-order valence-corrected chi connectivity index (χ2v) is 4.74. The molecule has 1 atom stereocenters. The summed E-state index contributed by atoms with van der Waals surface area (Å²) in [6.45, 7) is 0.920. The highest BCUT2D eigenvalue weighted by atomic mass is 19.4. The van der Waals surface area contributed by atoms with Crippen molar-refractivity contribution in [3.63, 3.8) is 0 Å². The molecule has 0 radical (unpaired) electrons. The van der Waals surface area contributed by atoms with E-state index in [9.17, 15) is 22.8 Å². The number of aromatic nitrogens is 2. The molecule has 1 aromatic rings. The number of amides is 1. The minimum absolute atomic E-state index is 0.0720. The molecule has 116 valence electrons. The molecule has 0 unspecified atom stereocenters. The van der Waals surface area contributed by atoms with Crippen molar-refractivity contribution in [2.45, 2.75) is 25.6 Å². The smallest absolute Gasteiger partial charge is 0.365 e. The lowest BCUT2D eigenvalue weighted by Crippen LogP contribution is -2.51. The number of halogens is 3. The van der Waals surface area contributed by atoms with Crippen molar-refractivity contribution in [1.29, 1.82) is 0 Å². The molecule has 1 aliphatic rings. The fourth-order valence-corrected chi connectivity index (χ4v) is 1.98. The number of alkyl halides is 3. The number of morpholine rings is 1. The van der Waals surface area contributed by atoms with Crippen LogP contribution in [0.15, 0.2) is 11.0 Å². The van der Waals surface area contributed by atoms with Gasteiger partial charge in [0.15, 0.2) is 6.10 Å². The lowest BCUT2D eigenvalue weighted by Gasteiger charge is -2.33. The molecule has 0 saturated carbocycles. The quantitative estimate of drug-likeness (QED) is 0.859. The van der Waals surface area contributed by atoms with E-state index < -0.39 is 30.3 Å². The number of rotatable bonds is 2. The van der Waals surface area contributed by atoms with E-state index >= 15 is 0 Å². The zero-order valence-electron chi connectivity index (χ0n) is 11.2. The average Bonchev–Trinajstić information content (AvgIpc) is 2.41. The summed E-state index contributed by atoms with van der Waals surface area (Å²) in [5.41, 5.74) is -0.336. The number of aromatic amines is 1. The monoisotopic (exact) mass is 305 g/mol. The molecule has 0 aliphatic carbocycles. The van der Waals surface area contributed by atoms with E-state index in [0.717, 1.165) is 4.90 Å². The van der Waals surface area contributed by atoms with Gasteiger partial charge in [0.05, 0.1) is 19.6 Å². The molecule has 2 rings (SSSR count). The SMILES string of the molecule is Cc1ncc(CC(=O)N2CCO[C@@H](C(F)(F)F)C2)c(=O)[nH]1. The molecule has 1 aromatic heterocycles. The average molecular weight is 305 g/mol. The van der Waals surface area contributed by atoms with Crippen molar-refractivity contribution < 1.29 is 22.7 Å². The molecule has 1 saturated heterocycles. The van der Waals surface area contributed by atoms with E-state index in [0.29, 0.717) is 5.82 Å². The number of nitrogens with zero attached hydrogens (tertiary/aromatic N) is 2. The molecule has 0 aromatic carbocycles. The number of carbonyl (C=O) groups is 1. The molecule has 0 spiro atoms. The third kappa shape index (κ3) is 3.81. The predicted octanol–water partition coefficient (Wildman–Crippen LogP) is 0.411. The number of carbonyl (C=O) groups excluding carboxylic acids is 1. The van der Waals surface area contributed by atoms with Crippen molar-refractivity contribution in [2.24, 2.45) is 0 Å². The van der Waals surface area contributed by atoms with Crippen molar-refractivity contribution in [1.82, 2.24) is 14.9 Å². The van der Waals surface area contributed by atoms with E-state index in [4.69, 9.17) is 0 Å². The number of nitrogens with one attached hydrogen (secondary N) is 1. The third-order valence-corrected chi connectivity index (χ3v) is 3.13. The Labute approximate surface area is 117 Å². The van der Waals surface area contributed by atoms with Gasteiger partial charge in [-0.25, -0.2) is 4.98 Å². The summed E-state index contributed by atoms with van der Waals surface area (Å²) in [7, 11) is 0. The fraction of sp³-hybridized carbons (Fsp3) is 0.583. The largest absolute Gasteiger partial charge is 0.416 e. The van der Waals surface area contributed by atoms with Crippen LogP contribution in [-0.2, 0) is 16.0 Å². The molecule has 2 heterocycles. The molecule has 1 aliphatic heterocycles. The summed E-state index contributed by atoms with van der Waals surface area (Å²) in [5.74, 6) is -0.150. The molecular weight excluding hydrogens is 291 g/mol. The number of H-pyrrole nitrogens is 1. The van der Waals surface area contributed by atoms with Crippen molar-refractivity contribution in [3.05, 3.63) is 27.9 Å². The Balaban J connectivity index is 2.04. The van der Waals surface area contributed by atoms with Crippen molar-refractivity contribution in [3.8, 4) is 0 Å². The molecule has 9 heteroatoms. The molecule has 1 amide bonds. The maximum atomic E-state index is 12.6. The predicted molar refractivity (Wildman–Crippen MR) is 65.7 cm³/mol. The van der Waals surface area contributed by atoms with Gasteiger partial charge in [-0.3, -0.25) is 9.59 Å². The van der Waals surface area contributed by atoms with Crippen LogP contribution in [-0.4, -0.2) is 52.8 Å². The van der Waals surface area contributed by atoms with Crippen LogP contribution < -0.4 is 5.56 Å².